The van der Waals surface area contributed by atoms with Crippen LogP contribution in [0.4, 0.5) is 8.78 Å². The number of nitrogens with one attached hydrogen (secondary N) is 1. The van der Waals surface area contributed by atoms with Gasteiger partial charge in [0.05, 0.1) is 18.8 Å². The summed E-state index contributed by atoms with van der Waals surface area (Å²) in [4.78, 5) is 4.24. The van der Waals surface area contributed by atoms with Crippen molar-refractivity contribution >= 4 is 0 Å². The molecule has 4 nitrogen and oxygen atoms in total. The van der Waals surface area contributed by atoms with Crippen LogP contribution in [0.3, 0.4) is 0 Å². The van der Waals surface area contributed by atoms with Crippen molar-refractivity contribution in [1.82, 2.24) is 10.3 Å². The maximum atomic E-state index is 11.9. The molecule has 0 bridgehead atoms. The van der Waals surface area contributed by atoms with E-state index in [9.17, 15) is 8.78 Å². The third kappa shape index (κ3) is 4.54. The van der Waals surface area contributed by atoms with Crippen molar-refractivity contribution in [2.75, 3.05) is 27.4 Å². The van der Waals surface area contributed by atoms with Gasteiger partial charge in [-0.05, 0) is 25.6 Å². The average Bonchev–Trinajstić information content (AvgIpc) is 2.38. The molecule has 1 aromatic heterocycles. The maximum Gasteiger partial charge on any atom is 0.261 e. The fourth-order valence-electron chi connectivity index (χ4n) is 1.63. The summed E-state index contributed by atoms with van der Waals surface area (Å²) < 4.78 is 33.9. The van der Waals surface area contributed by atoms with E-state index in [4.69, 9.17) is 9.47 Å². The first kappa shape index (κ1) is 14.8. The molecule has 1 N–H and O–H groups in total. The predicted octanol–water partition coefficient (Wildman–Crippen LogP) is 2.02. The van der Waals surface area contributed by atoms with Gasteiger partial charge in [-0.15, -0.1) is 0 Å². The predicted molar refractivity (Wildman–Crippen MR) is 64.0 cm³/mol. The quantitative estimate of drug-likeness (QED) is 0.726. The highest BCUT2D eigenvalue weighted by Gasteiger charge is 2.15. The van der Waals surface area contributed by atoms with Crippen LogP contribution in [0.2, 0.25) is 0 Å². The lowest BCUT2D eigenvalue weighted by molar-refractivity contribution is 0.0144. The van der Waals surface area contributed by atoms with Gasteiger partial charge in [-0.2, -0.15) is 0 Å². The minimum absolute atomic E-state index is 0.0844. The minimum Gasteiger partial charge on any atom is -0.495 e. The molecular weight excluding hydrogens is 242 g/mol. The van der Waals surface area contributed by atoms with Crippen molar-refractivity contribution in [1.29, 1.82) is 0 Å². The molecule has 0 aliphatic heterocycles. The zero-order valence-electron chi connectivity index (χ0n) is 10.5. The molecule has 0 aliphatic rings. The third-order valence-electron chi connectivity index (χ3n) is 2.49. The molecule has 0 fully saturated rings. The lowest BCUT2D eigenvalue weighted by atomic mass is 10.1. The first-order chi connectivity index (χ1) is 8.69. The Balaban J connectivity index is 2.54. The Kier molecular flexibility index (Phi) is 6.53. The molecule has 1 aromatic rings. The number of nitrogens with zero attached hydrogens (tertiary/aromatic N) is 1. The summed E-state index contributed by atoms with van der Waals surface area (Å²) in [5.41, 5.74) is 0.753. The van der Waals surface area contributed by atoms with E-state index >= 15 is 0 Å². The van der Waals surface area contributed by atoms with Crippen LogP contribution in [0.25, 0.3) is 0 Å². The number of ether oxygens (including phenoxy) is 2. The Labute approximate surface area is 105 Å². The maximum absolute atomic E-state index is 11.9. The molecule has 0 aliphatic carbocycles. The zero-order valence-corrected chi connectivity index (χ0v) is 10.5. The number of hydrogen-bond donors (Lipinski definition) is 1. The van der Waals surface area contributed by atoms with E-state index in [2.05, 4.69) is 10.3 Å². The molecule has 6 heteroatoms. The second-order valence-electron chi connectivity index (χ2n) is 3.69. The lowest BCUT2D eigenvalue weighted by Gasteiger charge is -2.18. The topological polar surface area (TPSA) is 43.4 Å². The molecule has 0 radical (unpaired) electrons. The minimum atomic E-state index is -2.43. The van der Waals surface area contributed by atoms with Gasteiger partial charge in [-0.1, -0.05) is 0 Å². The van der Waals surface area contributed by atoms with Gasteiger partial charge in [0.1, 0.15) is 12.4 Å². The van der Waals surface area contributed by atoms with Crippen molar-refractivity contribution in [3.8, 4) is 5.75 Å². The summed E-state index contributed by atoms with van der Waals surface area (Å²) >= 11 is 0. The number of aromatic nitrogens is 1. The van der Waals surface area contributed by atoms with Crippen LogP contribution < -0.4 is 10.1 Å². The first-order valence-electron chi connectivity index (χ1n) is 5.71. The Bertz CT molecular complexity index is 351. The van der Waals surface area contributed by atoms with Gasteiger partial charge >= 0.3 is 0 Å². The highest BCUT2D eigenvalue weighted by atomic mass is 19.3. The Morgan fingerprint density at radius 3 is 2.83 bits per heavy atom. The van der Waals surface area contributed by atoms with Gasteiger partial charge in [-0.25, -0.2) is 8.78 Å². The van der Waals surface area contributed by atoms with Crippen LogP contribution in [0, 0.1) is 0 Å². The van der Waals surface area contributed by atoms with Crippen LogP contribution in [0.1, 0.15) is 18.2 Å². The number of alkyl halides is 2. The number of hydrogen-bond acceptors (Lipinski definition) is 4. The van der Waals surface area contributed by atoms with Crippen molar-refractivity contribution in [3.63, 3.8) is 0 Å². The van der Waals surface area contributed by atoms with Gasteiger partial charge in [0.25, 0.3) is 6.43 Å². The van der Waals surface area contributed by atoms with Crippen LogP contribution in [0.5, 0.6) is 5.75 Å². The summed E-state index contributed by atoms with van der Waals surface area (Å²) in [6, 6.07) is 3.51. The largest absolute Gasteiger partial charge is 0.495 e. The van der Waals surface area contributed by atoms with E-state index in [1.165, 1.54) is 0 Å². The summed E-state index contributed by atoms with van der Waals surface area (Å²) in [5, 5.41) is 3.07. The summed E-state index contributed by atoms with van der Waals surface area (Å²) in [5.74, 6) is 0.672. The third-order valence-corrected chi connectivity index (χ3v) is 2.49. The Morgan fingerprint density at radius 1 is 1.44 bits per heavy atom. The first-order valence-corrected chi connectivity index (χ1v) is 5.71. The van der Waals surface area contributed by atoms with E-state index in [0.29, 0.717) is 12.2 Å². The van der Waals surface area contributed by atoms with Gasteiger partial charge < -0.3 is 14.8 Å². The molecule has 0 saturated carbocycles. The summed E-state index contributed by atoms with van der Waals surface area (Å²) in [7, 11) is 3.35. The fraction of sp³-hybridized carbons (Fsp3) is 0.583. The van der Waals surface area contributed by atoms with Crippen molar-refractivity contribution in [2.24, 2.45) is 0 Å². The van der Waals surface area contributed by atoms with E-state index in [1.807, 2.05) is 6.07 Å². The van der Waals surface area contributed by atoms with E-state index in [0.717, 1.165) is 5.69 Å². The molecule has 102 valence electrons. The van der Waals surface area contributed by atoms with E-state index in [-0.39, 0.29) is 12.6 Å². The number of methoxy groups -OCH3 is 1. The van der Waals surface area contributed by atoms with E-state index in [1.54, 1.807) is 26.4 Å². The second kappa shape index (κ2) is 7.94. The molecule has 0 spiro atoms. The molecule has 1 heterocycles. The highest BCUT2D eigenvalue weighted by Crippen LogP contribution is 2.24. The molecule has 18 heavy (non-hydrogen) atoms. The zero-order chi connectivity index (χ0) is 13.4. The fourth-order valence-corrected chi connectivity index (χ4v) is 1.63. The Hall–Kier alpha value is -1.27. The summed E-state index contributed by atoms with van der Waals surface area (Å²) in [6.45, 7) is -0.286. The smallest absolute Gasteiger partial charge is 0.261 e. The van der Waals surface area contributed by atoms with E-state index < -0.39 is 13.0 Å². The number of halogens is 2. The normalized spacial score (nSPS) is 12.7. The van der Waals surface area contributed by atoms with Gasteiger partial charge in [0.15, 0.2) is 0 Å². The van der Waals surface area contributed by atoms with Crippen LogP contribution in [-0.4, -0.2) is 38.8 Å². The number of rotatable bonds is 8. The van der Waals surface area contributed by atoms with Crippen LogP contribution in [-0.2, 0) is 4.74 Å². The monoisotopic (exact) mass is 260 g/mol. The van der Waals surface area contributed by atoms with Crippen LogP contribution in [0.15, 0.2) is 18.3 Å². The molecular formula is C12H18F2N2O2. The highest BCUT2D eigenvalue weighted by molar-refractivity contribution is 5.29. The van der Waals surface area contributed by atoms with Gasteiger partial charge in [0.2, 0.25) is 0 Å². The molecule has 1 unspecified atom stereocenters. The molecule has 1 rings (SSSR count). The summed E-state index contributed by atoms with van der Waals surface area (Å²) in [6.07, 6.45) is -0.207. The number of pyridine rings is 1. The SMILES string of the molecule is CNC(CCOCC(F)F)c1ncccc1OC. The van der Waals surface area contributed by atoms with Crippen LogP contribution >= 0.6 is 0 Å². The lowest BCUT2D eigenvalue weighted by Crippen LogP contribution is -2.21. The molecule has 0 amide bonds. The molecule has 1 atom stereocenters. The Morgan fingerprint density at radius 2 is 2.22 bits per heavy atom. The van der Waals surface area contributed by atoms with Gasteiger partial charge in [-0.3, -0.25) is 4.98 Å². The van der Waals surface area contributed by atoms with Crippen molar-refractivity contribution in [3.05, 3.63) is 24.0 Å². The average molecular weight is 260 g/mol. The molecule has 0 saturated heterocycles. The van der Waals surface area contributed by atoms with Crippen molar-refractivity contribution in [2.45, 2.75) is 18.9 Å². The standard InChI is InChI=1S/C12H18F2N2O2/c1-15-9(5-7-18-8-11(13)14)12-10(17-2)4-3-6-16-12/h3-4,6,9,11,15H,5,7-8H2,1-2H3. The van der Waals surface area contributed by atoms with Crippen molar-refractivity contribution < 1.29 is 18.3 Å². The van der Waals surface area contributed by atoms with Gasteiger partial charge in [0, 0.05) is 12.8 Å². The molecule has 0 aromatic carbocycles. The second-order valence-corrected chi connectivity index (χ2v) is 3.69.